The summed E-state index contributed by atoms with van der Waals surface area (Å²) in [6, 6.07) is 15.0. The van der Waals surface area contributed by atoms with Crippen molar-refractivity contribution in [1.29, 1.82) is 0 Å². The van der Waals surface area contributed by atoms with Gasteiger partial charge >= 0.3 is 0 Å². The molecule has 0 aromatic heterocycles. The molecule has 0 saturated heterocycles. The second-order valence-electron chi connectivity index (χ2n) is 4.63. The van der Waals surface area contributed by atoms with Gasteiger partial charge in [0.05, 0.1) is 4.92 Å². The van der Waals surface area contributed by atoms with Crippen molar-refractivity contribution < 1.29 is 4.92 Å². The van der Waals surface area contributed by atoms with Gasteiger partial charge in [0, 0.05) is 37.8 Å². The first kappa shape index (κ1) is 13.1. The molecule has 0 saturated carbocycles. The Balaban J connectivity index is 2.41. The molecule has 2 rings (SSSR count). The summed E-state index contributed by atoms with van der Waals surface area (Å²) in [5.74, 6) is 0. The summed E-state index contributed by atoms with van der Waals surface area (Å²) in [5.41, 5.74) is 2.95. The van der Waals surface area contributed by atoms with Crippen molar-refractivity contribution in [1.82, 2.24) is 0 Å². The number of hydrogen-bond donors (Lipinski definition) is 0. The summed E-state index contributed by atoms with van der Waals surface area (Å²) in [4.78, 5) is 12.7. The van der Waals surface area contributed by atoms with Gasteiger partial charge in [0.15, 0.2) is 0 Å². The minimum Gasteiger partial charge on any atom is -0.378 e. The molecule has 0 unspecified atom stereocenters. The monoisotopic (exact) mass is 256 g/mol. The quantitative estimate of drug-likeness (QED) is 0.623. The molecule has 0 aliphatic carbocycles. The summed E-state index contributed by atoms with van der Waals surface area (Å²) < 4.78 is 0. The van der Waals surface area contributed by atoms with Crippen LogP contribution in [0.25, 0.3) is 0 Å². The van der Waals surface area contributed by atoms with Crippen molar-refractivity contribution in [2.45, 2.75) is 6.42 Å². The van der Waals surface area contributed by atoms with Crippen molar-refractivity contribution >= 4 is 11.4 Å². The topological polar surface area (TPSA) is 46.4 Å². The Kier molecular flexibility index (Phi) is 3.80. The molecule has 0 fully saturated rings. The first-order valence-electron chi connectivity index (χ1n) is 6.06. The molecule has 0 aliphatic rings. The number of benzene rings is 2. The SMILES string of the molecule is CN(C)c1ccc([N+](=O)[O-])c(Cc2ccccc2)c1. The molecule has 0 radical (unpaired) electrons. The zero-order chi connectivity index (χ0) is 13.8. The van der Waals surface area contributed by atoms with Crippen LogP contribution >= 0.6 is 0 Å². The number of nitro groups is 1. The standard InChI is InChI=1S/C15H16N2O2/c1-16(2)14-8-9-15(17(18)19)13(11-14)10-12-6-4-3-5-7-12/h3-9,11H,10H2,1-2H3. The lowest BCUT2D eigenvalue weighted by Gasteiger charge is -2.14. The van der Waals surface area contributed by atoms with Crippen molar-refractivity contribution in [3.63, 3.8) is 0 Å². The Hall–Kier alpha value is -2.36. The van der Waals surface area contributed by atoms with E-state index >= 15 is 0 Å². The molecular formula is C15H16N2O2. The normalized spacial score (nSPS) is 10.2. The molecule has 2 aromatic rings. The van der Waals surface area contributed by atoms with Crippen molar-refractivity contribution in [3.8, 4) is 0 Å². The van der Waals surface area contributed by atoms with E-state index in [1.165, 1.54) is 0 Å². The largest absolute Gasteiger partial charge is 0.378 e. The molecule has 0 heterocycles. The van der Waals surface area contributed by atoms with E-state index in [0.29, 0.717) is 6.42 Å². The van der Waals surface area contributed by atoms with Crippen LogP contribution < -0.4 is 4.90 Å². The predicted octanol–water partition coefficient (Wildman–Crippen LogP) is 3.25. The van der Waals surface area contributed by atoms with Crippen LogP contribution in [0.4, 0.5) is 11.4 Å². The van der Waals surface area contributed by atoms with Gasteiger partial charge in [-0.25, -0.2) is 0 Å². The highest BCUT2D eigenvalue weighted by molar-refractivity contribution is 5.56. The Labute approximate surface area is 112 Å². The van der Waals surface area contributed by atoms with E-state index in [1.54, 1.807) is 12.1 Å². The Morgan fingerprint density at radius 2 is 1.79 bits per heavy atom. The van der Waals surface area contributed by atoms with Crippen molar-refractivity contribution in [2.24, 2.45) is 0 Å². The second-order valence-corrected chi connectivity index (χ2v) is 4.63. The average molecular weight is 256 g/mol. The third-order valence-electron chi connectivity index (χ3n) is 3.01. The fourth-order valence-electron chi connectivity index (χ4n) is 1.99. The number of anilines is 1. The highest BCUT2D eigenvalue weighted by Crippen LogP contribution is 2.26. The zero-order valence-corrected chi connectivity index (χ0v) is 11.0. The number of nitrogens with zero attached hydrogens (tertiary/aromatic N) is 2. The van der Waals surface area contributed by atoms with Crippen LogP contribution in [0.15, 0.2) is 48.5 Å². The van der Waals surface area contributed by atoms with Gasteiger partial charge in [-0.3, -0.25) is 10.1 Å². The molecule has 0 spiro atoms. The maximum absolute atomic E-state index is 11.1. The van der Waals surface area contributed by atoms with Crippen molar-refractivity contribution in [3.05, 3.63) is 69.8 Å². The number of hydrogen-bond acceptors (Lipinski definition) is 3. The van der Waals surface area contributed by atoms with Gasteiger partial charge in [-0.2, -0.15) is 0 Å². The Bertz CT molecular complexity index is 580. The van der Waals surface area contributed by atoms with Crippen LogP contribution in [0.2, 0.25) is 0 Å². The lowest BCUT2D eigenvalue weighted by molar-refractivity contribution is -0.385. The molecule has 0 aliphatic heterocycles. The van der Waals surface area contributed by atoms with Gasteiger partial charge in [0.2, 0.25) is 0 Å². The summed E-state index contributed by atoms with van der Waals surface area (Å²) in [5, 5.41) is 11.1. The van der Waals surface area contributed by atoms with Crippen LogP contribution in [-0.2, 0) is 6.42 Å². The number of rotatable bonds is 4. The third-order valence-corrected chi connectivity index (χ3v) is 3.01. The predicted molar refractivity (Wildman–Crippen MR) is 76.7 cm³/mol. The van der Waals surface area contributed by atoms with Gasteiger partial charge in [-0.1, -0.05) is 30.3 Å². The van der Waals surface area contributed by atoms with E-state index < -0.39 is 0 Å². The van der Waals surface area contributed by atoms with Gasteiger partial charge in [0.25, 0.3) is 5.69 Å². The van der Waals surface area contributed by atoms with E-state index in [2.05, 4.69) is 0 Å². The van der Waals surface area contributed by atoms with Gasteiger partial charge < -0.3 is 4.90 Å². The fourth-order valence-corrected chi connectivity index (χ4v) is 1.99. The molecule has 0 N–H and O–H groups in total. The lowest BCUT2D eigenvalue weighted by atomic mass is 10.0. The maximum atomic E-state index is 11.1. The summed E-state index contributed by atoms with van der Waals surface area (Å²) in [6.07, 6.45) is 0.568. The average Bonchev–Trinajstić information content (AvgIpc) is 2.39. The van der Waals surface area contributed by atoms with Gasteiger partial charge in [-0.05, 0) is 17.7 Å². The smallest absolute Gasteiger partial charge is 0.273 e. The summed E-state index contributed by atoms with van der Waals surface area (Å²) >= 11 is 0. The highest BCUT2D eigenvalue weighted by Gasteiger charge is 2.15. The molecule has 0 amide bonds. The first-order valence-corrected chi connectivity index (χ1v) is 6.06. The van der Waals surface area contributed by atoms with Crippen LogP contribution in [-0.4, -0.2) is 19.0 Å². The molecule has 0 bridgehead atoms. The first-order chi connectivity index (χ1) is 9.08. The van der Waals surface area contributed by atoms with E-state index in [1.807, 2.05) is 55.4 Å². The Morgan fingerprint density at radius 3 is 2.37 bits per heavy atom. The number of nitro benzene ring substituents is 1. The zero-order valence-electron chi connectivity index (χ0n) is 11.0. The van der Waals surface area contributed by atoms with E-state index in [0.717, 1.165) is 16.8 Å². The lowest BCUT2D eigenvalue weighted by Crippen LogP contribution is -2.09. The van der Waals surface area contributed by atoms with Crippen molar-refractivity contribution in [2.75, 3.05) is 19.0 Å². The minimum absolute atomic E-state index is 0.175. The van der Waals surface area contributed by atoms with Crippen LogP contribution in [0, 0.1) is 10.1 Å². The third kappa shape index (κ3) is 3.10. The second kappa shape index (κ2) is 5.52. The molecule has 0 atom stereocenters. The molecule has 98 valence electrons. The molecule has 4 nitrogen and oxygen atoms in total. The molecular weight excluding hydrogens is 240 g/mol. The fraction of sp³-hybridized carbons (Fsp3) is 0.200. The molecule has 4 heteroatoms. The van der Waals surface area contributed by atoms with E-state index in [9.17, 15) is 10.1 Å². The maximum Gasteiger partial charge on any atom is 0.273 e. The summed E-state index contributed by atoms with van der Waals surface area (Å²) in [7, 11) is 3.85. The molecule has 19 heavy (non-hydrogen) atoms. The van der Waals surface area contributed by atoms with E-state index in [-0.39, 0.29) is 10.6 Å². The van der Waals surface area contributed by atoms with E-state index in [4.69, 9.17) is 0 Å². The van der Waals surface area contributed by atoms with Gasteiger partial charge in [-0.15, -0.1) is 0 Å². The summed E-state index contributed by atoms with van der Waals surface area (Å²) in [6.45, 7) is 0. The Morgan fingerprint density at radius 1 is 1.11 bits per heavy atom. The molecule has 2 aromatic carbocycles. The van der Waals surface area contributed by atoms with Crippen LogP contribution in [0.3, 0.4) is 0 Å². The van der Waals surface area contributed by atoms with Crippen LogP contribution in [0.5, 0.6) is 0 Å². The van der Waals surface area contributed by atoms with Crippen LogP contribution in [0.1, 0.15) is 11.1 Å². The highest BCUT2D eigenvalue weighted by atomic mass is 16.6. The van der Waals surface area contributed by atoms with Gasteiger partial charge in [0.1, 0.15) is 0 Å². The minimum atomic E-state index is -0.322.